The van der Waals surface area contributed by atoms with Crippen molar-refractivity contribution in [2.45, 2.75) is 93.8 Å². The first-order chi connectivity index (χ1) is 21.9. The topological polar surface area (TPSA) is 253 Å². The minimum Gasteiger partial charge on any atom is -0.442 e. The van der Waals surface area contributed by atoms with Crippen LogP contribution < -0.4 is 11.3 Å². The second-order valence-electron chi connectivity index (χ2n) is 11.1. The Labute approximate surface area is 271 Å². The number of amidine groups is 1. The molecule has 1 saturated heterocycles. The van der Waals surface area contributed by atoms with Crippen molar-refractivity contribution in [3.63, 3.8) is 0 Å². The summed E-state index contributed by atoms with van der Waals surface area (Å²) in [5.74, 6) is 1.55. The number of aliphatic imine (C=N–C) groups is 1. The molecule has 9 N–H and O–H groups in total. The van der Waals surface area contributed by atoms with E-state index in [1.54, 1.807) is 11.0 Å². The predicted molar refractivity (Wildman–Crippen MR) is 167 cm³/mol. The van der Waals surface area contributed by atoms with Crippen LogP contribution in [0.15, 0.2) is 47.5 Å². The number of nitrogens with one attached hydrogen (secondary N) is 1. The van der Waals surface area contributed by atoms with Crippen molar-refractivity contribution >= 4 is 32.9 Å². The van der Waals surface area contributed by atoms with Gasteiger partial charge in [-0.3, -0.25) is 18.7 Å². The highest BCUT2D eigenvalue weighted by Gasteiger charge is 2.58. The van der Waals surface area contributed by atoms with Gasteiger partial charge in [-0.1, -0.05) is 55.3 Å². The Bertz CT molecular complexity index is 1300. The number of rotatable bonds is 20. The van der Waals surface area contributed by atoms with Crippen molar-refractivity contribution in [2.75, 3.05) is 13.3 Å². The van der Waals surface area contributed by atoms with Gasteiger partial charge >= 0.3 is 27.1 Å². The van der Waals surface area contributed by atoms with Crippen molar-refractivity contribution in [3.8, 4) is 0 Å². The highest BCUT2D eigenvalue weighted by Crippen LogP contribution is 2.69. The molecule has 0 radical (unpaired) electrons. The molecule has 0 aliphatic carbocycles. The number of hydrogen-bond acceptors (Lipinski definition) is 9. The number of aliphatic hydroxyl groups is 2. The third-order valence-corrected chi connectivity index (χ3v) is 11.6. The smallest absolute Gasteiger partial charge is 0.369 e. The number of hydrazine groups is 1. The van der Waals surface area contributed by atoms with E-state index >= 15 is 0 Å². The fourth-order valence-corrected chi connectivity index (χ4v) is 7.16. The first-order valence-electron chi connectivity index (χ1n) is 15.0. The number of alkyl halides is 2. The van der Waals surface area contributed by atoms with Crippen molar-refractivity contribution in [3.05, 3.63) is 48.0 Å². The molecule has 1 aromatic rings. The number of likely N-dealkylation sites (tertiary alicyclic amines) is 1. The molecule has 0 bridgehead atoms. The molecule has 47 heavy (non-hydrogen) atoms. The van der Waals surface area contributed by atoms with Gasteiger partial charge < -0.3 is 44.8 Å². The molecule has 1 amide bonds. The highest BCUT2D eigenvalue weighted by atomic mass is 31.2. The monoisotopic (exact) mass is 712 g/mol. The van der Waals surface area contributed by atoms with Crippen molar-refractivity contribution in [1.29, 1.82) is 0 Å². The van der Waals surface area contributed by atoms with Crippen LogP contribution in [-0.4, -0.2) is 82.9 Å². The predicted octanol–water partition coefficient (Wildman–Crippen LogP) is 2.56. The number of halogens is 2. The minimum atomic E-state index is -5.56. The van der Waals surface area contributed by atoms with Gasteiger partial charge in [0.15, 0.2) is 6.73 Å². The molecule has 2 rings (SSSR count). The number of unbranched alkanes of at least 4 members (excludes halogenated alkanes) is 4. The fourth-order valence-electron chi connectivity index (χ4n) is 4.90. The zero-order chi connectivity index (χ0) is 35.3. The Morgan fingerprint density at radius 3 is 2.30 bits per heavy atom. The maximum absolute atomic E-state index is 14.6. The average Bonchev–Trinajstić information content (AvgIpc) is 3.36. The maximum atomic E-state index is 14.6. The van der Waals surface area contributed by atoms with E-state index in [4.69, 9.17) is 30.2 Å². The van der Waals surface area contributed by atoms with Crippen molar-refractivity contribution in [1.82, 2.24) is 10.3 Å². The lowest BCUT2D eigenvalue weighted by Crippen LogP contribution is -2.34. The van der Waals surface area contributed by atoms with Gasteiger partial charge in [0.1, 0.15) is 11.9 Å². The normalized spacial score (nSPS) is 17.4. The number of benzene rings is 1. The molecule has 0 spiro atoms. The number of hydrogen-bond donors (Lipinski definition) is 8. The number of nitrogens with zero attached hydrogens (tertiary/aromatic N) is 2. The summed E-state index contributed by atoms with van der Waals surface area (Å²) >= 11 is 0. The van der Waals surface area contributed by atoms with Crippen molar-refractivity contribution in [2.24, 2.45) is 10.8 Å². The molecule has 0 aromatic heterocycles. The average molecular weight is 713 g/mol. The largest absolute Gasteiger partial charge is 0.442 e. The van der Waals surface area contributed by atoms with E-state index in [1.165, 1.54) is 30.3 Å². The quantitative estimate of drug-likeness (QED) is 0.0142. The third-order valence-electron chi connectivity index (χ3n) is 7.71. The van der Waals surface area contributed by atoms with E-state index in [0.29, 0.717) is 44.5 Å². The van der Waals surface area contributed by atoms with Gasteiger partial charge in [0.05, 0.1) is 6.04 Å². The van der Waals surface area contributed by atoms with Crippen LogP contribution in [0.1, 0.15) is 76.2 Å². The molecule has 1 aliphatic rings. The molecule has 266 valence electrons. The van der Waals surface area contributed by atoms with E-state index in [1.807, 2.05) is 0 Å². The molecular weight excluding hydrogens is 668 g/mol. The zero-order valence-corrected chi connectivity index (χ0v) is 27.5. The molecule has 2 unspecified atom stereocenters. The van der Waals surface area contributed by atoms with Gasteiger partial charge in [-0.25, -0.2) is 10.8 Å². The third kappa shape index (κ3) is 12.1. The van der Waals surface area contributed by atoms with E-state index in [2.05, 4.69) is 10.4 Å². The SMILES string of the molecule is NNC(CCCCCCN1C(=O)CCC1/C=C/C(O)C(F)(F)c1ccccc1)=NCOC(=O)CCCCC(O)(P(=O)(O)O)P(=O)(O)O. The summed E-state index contributed by atoms with van der Waals surface area (Å²) in [4.78, 5) is 66.5. The zero-order valence-electron chi connectivity index (χ0n) is 25.7. The fraction of sp³-hybridized carbons (Fsp3) is 0.607. The Balaban J connectivity index is 1.68. The Kier molecular flexibility index (Phi) is 15.8. The van der Waals surface area contributed by atoms with Gasteiger partial charge in [0.25, 0.3) is 5.08 Å². The molecule has 1 aliphatic heterocycles. The van der Waals surface area contributed by atoms with Gasteiger partial charge in [0.2, 0.25) is 5.91 Å². The summed E-state index contributed by atoms with van der Waals surface area (Å²) in [6.07, 6.45) is 2.98. The minimum absolute atomic E-state index is 0.0704. The van der Waals surface area contributed by atoms with E-state index in [9.17, 15) is 37.7 Å². The van der Waals surface area contributed by atoms with Crippen molar-refractivity contribution < 1.29 is 62.0 Å². The molecule has 15 nitrogen and oxygen atoms in total. The summed E-state index contributed by atoms with van der Waals surface area (Å²) in [5, 5.41) is 16.4. The lowest BCUT2D eigenvalue weighted by Gasteiger charge is -2.29. The number of esters is 1. The van der Waals surface area contributed by atoms with Gasteiger partial charge in [-0.05, 0) is 38.5 Å². The van der Waals surface area contributed by atoms with E-state index in [-0.39, 0.29) is 43.5 Å². The van der Waals surface area contributed by atoms with Gasteiger partial charge in [-0.15, -0.1) is 0 Å². The van der Waals surface area contributed by atoms with Crippen LogP contribution in [0.3, 0.4) is 0 Å². The molecule has 2 atom stereocenters. The standard InChI is InChI=1S/C28H44F2N4O11P2/c29-28(30,21-10-4-3-5-11-21)23(35)16-14-22-15-17-25(36)34(22)19-9-2-1-6-12-24(33-31)32-20-45-26(37)13-7-8-18-27(38,46(39,40)41)47(42,43)44/h3-5,10-11,14,16,22-23,35,38H,1-2,6-9,12-13,15,17-20,31H2,(H,32,33)(H2,39,40,41)(H2,42,43,44)/b16-14+. The summed E-state index contributed by atoms with van der Waals surface area (Å²) in [6.45, 7) is 0.0637. The number of carbonyl (C=O) groups is 2. The van der Waals surface area contributed by atoms with Crippen LogP contribution in [0.4, 0.5) is 8.78 Å². The summed E-state index contributed by atoms with van der Waals surface area (Å²) in [5.41, 5.74) is 2.11. The van der Waals surface area contributed by atoms with Crippen LogP contribution in [0, 0.1) is 0 Å². The number of aliphatic hydroxyl groups excluding tert-OH is 1. The summed E-state index contributed by atoms with van der Waals surface area (Å²) in [7, 11) is -11.1. The van der Waals surface area contributed by atoms with Crippen LogP contribution in [0.5, 0.6) is 0 Å². The molecular formula is C28H44F2N4O11P2. The van der Waals surface area contributed by atoms with Gasteiger partial charge in [-0.2, -0.15) is 8.78 Å². The summed E-state index contributed by atoms with van der Waals surface area (Å²) < 4.78 is 56.8. The number of carbonyl (C=O) groups excluding carboxylic acids is 2. The highest BCUT2D eigenvalue weighted by molar-refractivity contribution is 7.72. The number of ether oxygens (including phenoxy) is 1. The molecule has 1 heterocycles. The second-order valence-corrected chi connectivity index (χ2v) is 15.1. The van der Waals surface area contributed by atoms with Gasteiger partial charge in [0, 0.05) is 31.4 Å². The van der Waals surface area contributed by atoms with Crippen LogP contribution in [0.25, 0.3) is 0 Å². The molecule has 0 saturated carbocycles. The van der Waals surface area contributed by atoms with Crippen LogP contribution in [-0.2, 0) is 29.4 Å². The molecule has 1 fully saturated rings. The maximum Gasteiger partial charge on any atom is 0.369 e. The first-order valence-corrected chi connectivity index (χ1v) is 18.2. The Morgan fingerprint density at radius 1 is 1.06 bits per heavy atom. The van der Waals surface area contributed by atoms with Crippen LogP contribution in [0.2, 0.25) is 0 Å². The second kappa shape index (κ2) is 18.2. The Hall–Kier alpha value is -2.59. The van der Waals surface area contributed by atoms with E-state index < -0.39 is 44.7 Å². The number of amides is 1. The Morgan fingerprint density at radius 2 is 1.68 bits per heavy atom. The van der Waals surface area contributed by atoms with E-state index in [0.717, 1.165) is 18.9 Å². The lowest BCUT2D eigenvalue weighted by atomic mass is 10.0. The number of nitrogens with two attached hydrogens (primary N) is 1. The summed E-state index contributed by atoms with van der Waals surface area (Å²) in [6, 6.07) is 6.65. The first kappa shape index (κ1) is 40.6. The molecule has 1 aromatic carbocycles. The molecule has 19 heteroatoms. The van der Waals surface area contributed by atoms with Crippen LogP contribution >= 0.6 is 15.2 Å². The lowest BCUT2D eigenvalue weighted by molar-refractivity contribution is -0.143.